The van der Waals surface area contributed by atoms with E-state index in [4.69, 9.17) is 5.11 Å². The number of hydrogen-bond acceptors (Lipinski definition) is 7. The first-order valence-electron chi connectivity index (χ1n) is 13.6. The zero-order valence-corrected chi connectivity index (χ0v) is 23.7. The average Bonchev–Trinajstić information content (AvgIpc) is 3.24. The topological polar surface area (TPSA) is 113 Å². The molecule has 3 aromatic rings. The number of halogens is 3. The molecule has 2 aromatic heterocycles. The molecule has 0 spiro atoms. The molecule has 1 amide bonds. The molecule has 2 N–H and O–H groups in total. The zero-order valence-electron chi connectivity index (χ0n) is 23.7. The van der Waals surface area contributed by atoms with Crippen LogP contribution in [0.3, 0.4) is 0 Å². The Morgan fingerprint density at radius 3 is 2.45 bits per heavy atom. The van der Waals surface area contributed by atoms with Crippen molar-refractivity contribution in [2.75, 3.05) is 33.2 Å². The van der Waals surface area contributed by atoms with Gasteiger partial charge >= 0.3 is 12.3 Å². The summed E-state index contributed by atoms with van der Waals surface area (Å²) in [6.07, 6.45) is 1.68. The van der Waals surface area contributed by atoms with Crippen LogP contribution in [-0.4, -0.2) is 80.9 Å². The fraction of sp³-hybridized carbons (Fsp3) is 0.448. The number of piperidine rings is 1. The molecule has 3 unspecified atom stereocenters. The minimum Gasteiger partial charge on any atom is -0.476 e. The maximum Gasteiger partial charge on any atom is 0.573 e. The largest absolute Gasteiger partial charge is 0.573 e. The maximum absolute atomic E-state index is 12.7. The number of fused-ring (bicyclic) bond motifs is 1. The van der Waals surface area contributed by atoms with Crippen LogP contribution in [0.25, 0.3) is 0 Å². The highest BCUT2D eigenvalue weighted by Crippen LogP contribution is 2.51. The van der Waals surface area contributed by atoms with Crippen LogP contribution in [0.15, 0.2) is 61.3 Å². The number of ether oxygens (including phenoxy) is 1. The number of hydrogen-bond donors (Lipinski definition) is 2. The number of carboxylic acid groups (broad SMARTS) is 1. The Bertz CT molecular complexity index is 1340. The number of aryl methyl sites for hydroxylation is 1. The Balaban J connectivity index is 0.000000385. The van der Waals surface area contributed by atoms with E-state index < -0.39 is 12.3 Å². The van der Waals surface area contributed by atoms with Gasteiger partial charge < -0.3 is 24.6 Å². The molecule has 2 aliphatic rings. The highest BCUT2D eigenvalue weighted by molar-refractivity contribution is 5.84. The van der Waals surface area contributed by atoms with Crippen molar-refractivity contribution in [1.82, 2.24) is 29.7 Å². The Morgan fingerprint density at radius 1 is 1.19 bits per heavy atom. The number of alkyl halides is 3. The molecule has 42 heavy (non-hydrogen) atoms. The van der Waals surface area contributed by atoms with Gasteiger partial charge in [-0.3, -0.25) is 14.7 Å². The van der Waals surface area contributed by atoms with Crippen LogP contribution in [0.2, 0.25) is 0 Å². The number of carbonyl (C=O) groups is 2. The van der Waals surface area contributed by atoms with Gasteiger partial charge in [-0.2, -0.15) is 0 Å². The van der Waals surface area contributed by atoms with Gasteiger partial charge in [-0.1, -0.05) is 12.1 Å². The van der Waals surface area contributed by atoms with Gasteiger partial charge in [0.1, 0.15) is 5.75 Å². The molecule has 0 bridgehead atoms. The molecular weight excluding hydrogens is 553 g/mol. The Labute approximate surface area is 242 Å². The number of aromatic nitrogens is 3. The van der Waals surface area contributed by atoms with Crippen LogP contribution in [0, 0.1) is 17.8 Å². The molecule has 1 aliphatic heterocycles. The van der Waals surface area contributed by atoms with Crippen molar-refractivity contribution in [3.63, 3.8) is 0 Å². The average molecular weight is 589 g/mol. The molecule has 5 rings (SSSR count). The zero-order chi connectivity index (χ0) is 30.4. The summed E-state index contributed by atoms with van der Waals surface area (Å²) in [4.78, 5) is 34.5. The number of carbonyl (C=O) groups excluding carboxylic acids is 1. The van der Waals surface area contributed by atoms with Gasteiger partial charge in [0.05, 0.1) is 18.9 Å². The summed E-state index contributed by atoms with van der Waals surface area (Å²) >= 11 is 0. The van der Waals surface area contributed by atoms with Crippen molar-refractivity contribution in [2.24, 2.45) is 24.8 Å². The number of likely N-dealkylation sites (N-methyl/N-ethyl adjacent to an activating group) is 1. The Kier molecular flexibility index (Phi) is 9.84. The minimum absolute atomic E-state index is 0.00498. The molecule has 2 fully saturated rings. The number of amides is 1. The van der Waals surface area contributed by atoms with Crippen LogP contribution in [0.1, 0.15) is 34.6 Å². The van der Waals surface area contributed by atoms with E-state index >= 15 is 0 Å². The van der Waals surface area contributed by atoms with Crippen molar-refractivity contribution in [3.05, 3.63) is 78.1 Å². The van der Waals surface area contributed by atoms with Gasteiger partial charge in [0.2, 0.25) is 5.91 Å². The van der Waals surface area contributed by atoms with Crippen molar-refractivity contribution in [1.29, 1.82) is 0 Å². The maximum atomic E-state index is 12.7. The third kappa shape index (κ3) is 8.52. The predicted octanol–water partition coefficient (Wildman–Crippen LogP) is 3.59. The summed E-state index contributed by atoms with van der Waals surface area (Å²) in [6, 6.07) is 9.90. The molecule has 226 valence electrons. The first-order valence-corrected chi connectivity index (χ1v) is 13.6. The van der Waals surface area contributed by atoms with E-state index in [1.165, 1.54) is 24.7 Å². The first-order chi connectivity index (χ1) is 19.9. The summed E-state index contributed by atoms with van der Waals surface area (Å²) in [7, 11) is 3.56. The van der Waals surface area contributed by atoms with E-state index in [0.29, 0.717) is 30.8 Å². The van der Waals surface area contributed by atoms with E-state index in [1.54, 1.807) is 41.0 Å². The number of aromatic carboxylic acids is 1. The third-order valence-electron chi connectivity index (χ3n) is 7.73. The highest BCUT2D eigenvalue weighted by atomic mass is 19.4. The molecule has 0 radical (unpaired) electrons. The first kappa shape index (κ1) is 31.0. The number of pyridine rings is 1. The Hall–Kier alpha value is -3.97. The third-order valence-corrected chi connectivity index (χ3v) is 7.73. The standard InChI is InChI=1S/C24H29F3N4O2.C5H6N2O2/c1-16(18-6-8-28-9-7-18)30(2)23(32)15-31-13-21-20(22(21)14-31)12-29-11-17-4-3-5-19(10-17)33-24(25,26)27;1-7-2-4(5(8)9)6-3-7/h3-10,16,20-22,29H,11-15H2,1-2H3;2-3H,1H3,(H,8,9). The van der Waals surface area contributed by atoms with Gasteiger partial charge in [-0.05, 0) is 66.6 Å². The fourth-order valence-corrected chi connectivity index (χ4v) is 5.31. The van der Waals surface area contributed by atoms with Crippen LogP contribution in [0.4, 0.5) is 13.2 Å². The monoisotopic (exact) mass is 588 g/mol. The molecule has 10 nitrogen and oxygen atoms in total. The van der Waals surface area contributed by atoms with E-state index in [1.807, 2.05) is 26.1 Å². The lowest BCUT2D eigenvalue weighted by atomic mass is 10.1. The number of carboxylic acids is 1. The van der Waals surface area contributed by atoms with Crippen LogP contribution >= 0.6 is 0 Å². The van der Waals surface area contributed by atoms with Crippen molar-refractivity contribution >= 4 is 11.9 Å². The molecule has 3 heterocycles. The smallest absolute Gasteiger partial charge is 0.476 e. The molecular formula is C29H35F3N6O4. The van der Waals surface area contributed by atoms with E-state index in [9.17, 15) is 22.8 Å². The van der Waals surface area contributed by atoms with E-state index in [0.717, 1.165) is 30.8 Å². The van der Waals surface area contributed by atoms with Crippen molar-refractivity contribution in [3.8, 4) is 5.75 Å². The minimum atomic E-state index is -4.68. The number of nitrogens with zero attached hydrogens (tertiary/aromatic N) is 5. The summed E-state index contributed by atoms with van der Waals surface area (Å²) in [6.45, 7) is 5.57. The summed E-state index contributed by atoms with van der Waals surface area (Å²) in [5, 5.41) is 11.7. The van der Waals surface area contributed by atoms with Crippen LogP contribution in [-0.2, 0) is 18.4 Å². The molecule has 1 saturated carbocycles. The van der Waals surface area contributed by atoms with Gasteiger partial charge in [0.15, 0.2) is 5.69 Å². The van der Waals surface area contributed by atoms with Crippen molar-refractivity contribution < 1.29 is 32.6 Å². The molecule has 3 atom stereocenters. The number of likely N-dealkylation sites (tertiary alicyclic amines) is 1. The van der Waals surface area contributed by atoms with Gasteiger partial charge in [-0.25, -0.2) is 9.78 Å². The second-order valence-electron chi connectivity index (χ2n) is 10.7. The fourth-order valence-electron chi connectivity index (χ4n) is 5.31. The second kappa shape index (κ2) is 13.3. The van der Waals surface area contributed by atoms with E-state index in [2.05, 4.69) is 24.9 Å². The number of imidazole rings is 1. The lowest BCUT2D eigenvalue weighted by Gasteiger charge is -2.28. The SMILES string of the molecule is CC(c1ccncc1)N(C)C(=O)CN1CC2C(CNCc3cccc(OC(F)(F)F)c3)C2C1.Cn1cnc(C(=O)O)c1. The van der Waals surface area contributed by atoms with Gasteiger partial charge in [-0.15, -0.1) is 13.2 Å². The van der Waals surface area contributed by atoms with Crippen LogP contribution in [0.5, 0.6) is 5.75 Å². The highest BCUT2D eigenvalue weighted by Gasteiger charge is 2.55. The lowest BCUT2D eigenvalue weighted by molar-refractivity contribution is -0.274. The number of rotatable bonds is 10. The molecule has 1 saturated heterocycles. The molecule has 1 aliphatic carbocycles. The summed E-state index contributed by atoms with van der Waals surface area (Å²) in [5.74, 6) is 0.626. The normalized spacial score (nSPS) is 20.2. The Morgan fingerprint density at radius 2 is 1.88 bits per heavy atom. The lowest BCUT2D eigenvalue weighted by Crippen LogP contribution is -2.40. The second-order valence-corrected chi connectivity index (χ2v) is 10.7. The molecule has 13 heteroatoms. The quantitative estimate of drug-likeness (QED) is 0.370. The van der Waals surface area contributed by atoms with Gasteiger partial charge in [0.25, 0.3) is 0 Å². The van der Waals surface area contributed by atoms with E-state index in [-0.39, 0.29) is 23.4 Å². The van der Waals surface area contributed by atoms with Crippen LogP contribution < -0.4 is 10.1 Å². The van der Waals surface area contributed by atoms with Crippen molar-refractivity contribution in [2.45, 2.75) is 25.9 Å². The number of benzene rings is 1. The summed E-state index contributed by atoms with van der Waals surface area (Å²) < 4.78 is 42.7. The number of nitrogens with one attached hydrogen (secondary N) is 1. The predicted molar refractivity (Wildman–Crippen MR) is 147 cm³/mol. The van der Waals surface area contributed by atoms with Gasteiger partial charge in [0, 0.05) is 52.3 Å². The summed E-state index contributed by atoms with van der Waals surface area (Å²) in [5.41, 5.74) is 1.89. The molecule has 1 aromatic carbocycles.